The van der Waals surface area contributed by atoms with Crippen molar-refractivity contribution < 1.29 is 14.3 Å². The van der Waals surface area contributed by atoms with Crippen molar-refractivity contribution in [2.45, 2.75) is 25.5 Å². The maximum atomic E-state index is 13.5. The Labute approximate surface area is 140 Å². The molecular weight excluding hydrogens is 309 g/mol. The molecular formula is C18H22FN3O2. The molecule has 1 aliphatic heterocycles. The van der Waals surface area contributed by atoms with Crippen molar-refractivity contribution in [1.29, 1.82) is 0 Å². The minimum atomic E-state index is -0.643. The minimum absolute atomic E-state index is 0.0741. The first-order valence-corrected chi connectivity index (χ1v) is 8.07. The SMILES string of the molecule is CN(C)C(=O)c1ccc(CN2CCCC(O)c3cc(F)ccc32)[nH]1. The molecule has 0 aliphatic carbocycles. The van der Waals surface area contributed by atoms with Crippen LogP contribution in [0.4, 0.5) is 10.1 Å². The zero-order valence-electron chi connectivity index (χ0n) is 13.9. The fraction of sp³-hybridized carbons (Fsp3) is 0.389. The van der Waals surface area contributed by atoms with Gasteiger partial charge < -0.3 is 19.9 Å². The van der Waals surface area contributed by atoms with Gasteiger partial charge in [0.25, 0.3) is 5.91 Å². The Morgan fingerprint density at radius 2 is 2.17 bits per heavy atom. The molecule has 24 heavy (non-hydrogen) atoms. The quantitative estimate of drug-likeness (QED) is 0.909. The van der Waals surface area contributed by atoms with Gasteiger partial charge in [-0.25, -0.2) is 4.39 Å². The van der Waals surface area contributed by atoms with Gasteiger partial charge in [-0.2, -0.15) is 0 Å². The van der Waals surface area contributed by atoms with E-state index in [1.54, 1.807) is 26.2 Å². The molecule has 0 radical (unpaired) electrons. The van der Waals surface area contributed by atoms with Crippen molar-refractivity contribution in [1.82, 2.24) is 9.88 Å². The zero-order chi connectivity index (χ0) is 17.3. The number of halogens is 1. The molecule has 1 unspecified atom stereocenters. The fourth-order valence-corrected chi connectivity index (χ4v) is 3.10. The van der Waals surface area contributed by atoms with Crippen LogP contribution < -0.4 is 4.90 Å². The molecule has 1 aromatic carbocycles. The number of aromatic nitrogens is 1. The lowest BCUT2D eigenvalue weighted by molar-refractivity contribution is 0.0822. The van der Waals surface area contributed by atoms with Gasteiger partial charge in [0, 0.05) is 37.6 Å². The number of hydrogen-bond acceptors (Lipinski definition) is 3. The van der Waals surface area contributed by atoms with Crippen molar-refractivity contribution in [2.75, 3.05) is 25.5 Å². The molecule has 2 heterocycles. The molecule has 0 spiro atoms. The van der Waals surface area contributed by atoms with Crippen LogP contribution in [-0.4, -0.2) is 41.5 Å². The third kappa shape index (κ3) is 3.28. The maximum absolute atomic E-state index is 13.5. The number of amides is 1. The fourth-order valence-electron chi connectivity index (χ4n) is 3.10. The van der Waals surface area contributed by atoms with E-state index in [0.29, 0.717) is 24.2 Å². The second kappa shape index (κ2) is 6.65. The number of hydrogen-bond donors (Lipinski definition) is 2. The van der Waals surface area contributed by atoms with Gasteiger partial charge in [0.1, 0.15) is 11.5 Å². The molecule has 0 saturated carbocycles. The summed E-state index contributed by atoms with van der Waals surface area (Å²) in [5, 5.41) is 10.2. The lowest BCUT2D eigenvalue weighted by atomic mass is 10.0. The van der Waals surface area contributed by atoms with Gasteiger partial charge >= 0.3 is 0 Å². The van der Waals surface area contributed by atoms with E-state index in [1.807, 2.05) is 6.07 Å². The molecule has 0 bridgehead atoms. The molecule has 0 fully saturated rings. The molecule has 1 atom stereocenters. The van der Waals surface area contributed by atoms with Crippen LogP contribution in [0.3, 0.4) is 0 Å². The van der Waals surface area contributed by atoms with Crippen LogP contribution in [0.25, 0.3) is 0 Å². The lowest BCUT2D eigenvalue weighted by Gasteiger charge is -2.25. The summed E-state index contributed by atoms with van der Waals surface area (Å²) in [4.78, 5) is 18.8. The van der Waals surface area contributed by atoms with E-state index < -0.39 is 6.10 Å². The summed E-state index contributed by atoms with van der Waals surface area (Å²) in [7, 11) is 3.42. The van der Waals surface area contributed by atoms with Gasteiger partial charge in [0.2, 0.25) is 0 Å². The summed E-state index contributed by atoms with van der Waals surface area (Å²) >= 11 is 0. The van der Waals surface area contributed by atoms with Gasteiger partial charge in [-0.05, 0) is 43.2 Å². The number of aromatic amines is 1. The van der Waals surface area contributed by atoms with Crippen LogP contribution >= 0.6 is 0 Å². The highest BCUT2D eigenvalue weighted by atomic mass is 19.1. The second-order valence-electron chi connectivity index (χ2n) is 6.38. The van der Waals surface area contributed by atoms with Crippen molar-refractivity contribution in [2.24, 2.45) is 0 Å². The molecule has 128 valence electrons. The number of benzene rings is 1. The Morgan fingerprint density at radius 1 is 1.38 bits per heavy atom. The van der Waals surface area contributed by atoms with Crippen LogP contribution in [-0.2, 0) is 6.54 Å². The summed E-state index contributed by atoms with van der Waals surface area (Å²) in [6.45, 7) is 1.34. The molecule has 2 N–H and O–H groups in total. The third-order valence-electron chi connectivity index (χ3n) is 4.34. The molecule has 5 nitrogen and oxygen atoms in total. The lowest BCUT2D eigenvalue weighted by Crippen LogP contribution is -2.24. The summed E-state index contributed by atoms with van der Waals surface area (Å²) in [5.74, 6) is -0.414. The zero-order valence-corrected chi connectivity index (χ0v) is 13.9. The van der Waals surface area contributed by atoms with Gasteiger partial charge in [-0.15, -0.1) is 0 Å². The Balaban J connectivity index is 1.85. The van der Waals surface area contributed by atoms with Crippen LogP contribution in [0.5, 0.6) is 0 Å². The first-order chi connectivity index (χ1) is 11.5. The molecule has 1 aliphatic rings. The van der Waals surface area contributed by atoms with Crippen LogP contribution in [0.15, 0.2) is 30.3 Å². The van der Waals surface area contributed by atoms with Crippen molar-refractivity contribution in [3.63, 3.8) is 0 Å². The summed E-state index contributed by atoms with van der Waals surface area (Å²) < 4.78 is 13.5. The highest BCUT2D eigenvalue weighted by Crippen LogP contribution is 2.34. The maximum Gasteiger partial charge on any atom is 0.269 e. The van der Waals surface area contributed by atoms with E-state index in [-0.39, 0.29) is 11.7 Å². The average Bonchev–Trinajstić information content (AvgIpc) is 2.95. The number of nitrogens with zero attached hydrogens (tertiary/aromatic N) is 2. The highest BCUT2D eigenvalue weighted by Gasteiger charge is 2.22. The molecule has 6 heteroatoms. The normalized spacial score (nSPS) is 17.3. The van der Waals surface area contributed by atoms with E-state index >= 15 is 0 Å². The predicted molar refractivity (Wildman–Crippen MR) is 90.5 cm³/mol. The van der Waals surface area contributed by atoms with Crippen LogP contribution in [0.1, 0.15) is 40.7 Å². The highest BCUT2D eigenvalue weighted by molar-refractivity contribution is 5.92. The van der Waals surface area contributed by atoms with E-state index in [4.69, 9.17) is 0 Å². The van der Waals surface area contributed by atoms with Gasteiger partial charge in [-0.1, -0.05) is 0 Å². The minimum Gasteiger partial charge on any atom is -0.388 e. The van der Waals surface area contributed by atoms with Crippen molar-refractivity contribution in [3.05, 3.63) is 53.1 Å². The van der Waals surface area contributed by atoms with Gasteiger partial charge in [-0.3, -0.25) is 4.79 Å². The standard InChI is InChI=1S/C18H22FN3O2/c1-21(2)18(24)15-7-6-13(20-15)11-22-9-3-4-17(23)14-10-12(19)5-8-16(14)22/h5-8,10,17,20,23H,3-4,9,11H2,1-2H3. The average molecular weight is 331 g/mol. The number of H-pyrrole nitrogens is 1. The predicted octanol–water partition coefficient (Wildman–Crippen LogP) is 2.69. The first kappa shape index (κ1) is 16.5. The smallest absolute Gasteiger partial charge is 0.269 e. The monoisotopic (exact) mass is 331 g/mol. The second-order valence-corrected chi connectivity index (χ2v) is 6.38. The van der Waals surface area contributed by atoms with Gasteiger partial charge in [0.15, 0.2) is 0 Å². The van der Waals surface area contributed by atoms with Crippen molar-refractivity contribution in [3.8, 4) is 0 Å². The van der Waals surface area contributed by atoms with E-state index in [2.05, 4.69) is 9.88 Å². The largest absolute Gasteiger partial charge is 0.388 e. The number of fused-ring (bicyclic) bond motifs is 1. The number of aliphatic hydroxyl groups is 1. The number of carbonyl (C=O) groups is 1. The molecule has 0 saturated heterocycles. The Kier molecular flexibility index (Phi) is 4.57. The van der Waals surface area contributed by atoms with Crippen LogP contribution in [0.2, 0.25) is 0 Å². The number of carbonyl (C=O) groups excluding carboxylic acids is 1. The molecule has 3 rings (SSSR count). The number of nitrogens with one attached hydrogen (secondary N) is 1. The molecule has 2 aromatic rings. The first-order valence-electron chi connectivity index (χ1n) is 8.07. The third-order valence-corrected chi connectivity index (χ3v) is 4.34. The Hall–Kier alpha value is -2.34. The van der Waals surface area contributed by atoms with Crippen molar-refractivity contribution >= 4 is 11.6 Å². The number of anilines is 1. The Bertz CT molecular complexity index is 742. The topological polar surface area (TPSA) is 59.6 Å². The molecule has 1 amide bonds. The summed E-state index contributed by atoms with van der Waals surface area (Å²) in [5.41, 5.74) is 2.93. The van der Waals surface area contributed by atoms with Gasteiger partial charge in [0.05, 0.1) is 12.6 Å². The molecule has 1 aromatic heterocycles. The van der Waals surface area contributed by atoms with E-state index in [9.17, 15) is 14.3 Å². The van der Waals surface area contributed by atoms with E-state index in [1.165, 1.54) is 17.0 Å². The van der Waals surface area contributed by atoms with Crippen LogP contribution in [0, 0.1) is 5.82 Å². The summed E-state index contributed by atoms with van der Waals surface area (Å²) in [6.07, 6.45) is 0.791. The Morgan fingerprint density at radius 3 is 2.92 bits per heavy atom. The summed E-state index contributed by atoms with van der Waals surface area (Å²) in [6, 6.07) is 8.21. The van der Waals surface area contributed by atoms with E-state index in [0.717, 1.165) is 24.3 Å². The number of aliphatic hydroxyl groups excluding tert-OH is 1. The number of rotatable bonds is 3.